The number of benzene rings is 2. The van der Waals surface area contributed by atoms with Crippen molar-refractivity contribution in [2.75, 3.05) is 29.9 Å². The molecule has 0 saturated carbocycles. The molecular formula is C28H33N5O4. The summed E-state index contributed by atoms with van der Waals surface area (Å²) in [5.74, 6) is 2.10. The number of nitrogens with one attached hydrogen (secondary N) is 1. The molecule has 2 amide bonds. The van der Waals surface area contributed by atoms with E-state index in [1.54, 1.807) is 12.4 Å². The van der Waals surface area contributed by atoms with Crippen molar-refractivity contribution in [2.45, 2.75) is 45.1 Å². The number of para-hydroxylation sites is 2. The first kappa shape index (κ1) is 25.9. The number of carbonyl (C=O) groups excluding carboxylic acids is 2. The molecule has 2 heterocycles. The third-order valence-corrected chi connectivity index (χ3v) is 6.08. The van der Waals surface area contributed by atoms with Crippen molar-refractivity contribution in [2.24, 2.45) is 5.73 Å². The van der Waals surface area contributed by atoms with Crippen LogP contribution >= 0.6 is 0 Å². The Labute approximate surface area is 217 Å². The van der Waals surface area contributed by atoms with Crippen LogP contribution in [0.5, 0.6) is 11.5 Å². The molecule has 2 aromatic carbocycles. The summed E-state index contributed by atoms with van der Waals surface area (Å²) in [5.41, 5.74) is 7.10. The van der Waals surface area contributed by atoms with Gasteiger partial charge in [-0.2, -0.15) is 0 Å². The quantitative estimate of drug-likeness (QED) is 0.411. The van der Waals surface area contributed by atoms with Crippen molar-refractivity contribution in [3.05, 3.63) is 72.1 Å². The number of hydrogen-bond donors (Lipinski definition) is 2. The first-order valence-electron chi connectivity index (χ1n) is 12.6. The fourth-order valence-corrected chi connectivity index (χ4v) is 4.30. The monoisotopic (exact) mass is 503 g/mol. The molecule has 3 N–H and O–H groups in total. The maximum absolute atomic E-state index is 12.5. The Kier molecular flexibility index (Phi) is 8.91. The molecule has 0 aliphatic carbocycles. The van der Waals surface area contributed by atoms with Gasteiger partial charge in [-0.05, 0) is 49.4 Å². The molecule has 1 saturated heterocycles. The molecule has 1 aromatic heterocycles. The second-order valence-corrected chi connectivity index (χ2v) is 8.98. The Morgan fingerprint density at radius 3 is 2.59 bits per heavy atom. The van der Waals surface area contributed by atoms with E-state index in [-0.39, 0.29) is 24.3 Å². The Morgan fingerprint density at radius 2 is 1.84 bits per heavy atom. The van der Waals surface area contributed by atoms with Gasteiger partial charge in [-0.25, -0.2) is 4.98 Å². The van der Waals surface area contributed by atoms with Gasteiger partial charge in [-0.3, -0.25) is 14.6 Å². The van der Waals surface area contributed by atoms with Crippen molar-refractivity contribution < 1.29 is 19.1 Å². The van der Waals surface area contributed by atoms with E-state index in [0.29, 0.717) is 37.6 Å². The summed E-state index contributed by atoms with van der Waals surface area (Å²) in [7, 11) is 0. The van der Waals surface area contributed by atoms with Crippen LogP contribution in [-0.4, -0.2) is 47.6 Å². The van der Waals surface area contributed by atoms with E-state index in [0.717, 1.165) is 42.0 Å². The number of primary amides is 1. The molecule has 1 aliphatic heterocycles. The van der Waals surface area contributed by atoms with Crippen molar-refractivity contribution in [1.82, 2.24) is 9.97 Å². The molecule has 194 valence electrons. The normalized spacial score (nSPS) is 15.2. The van der Waals surface area contributed by atoms with Crippen molar-refractivity contribution in [3.63, 3.8) is 0 Å². The Hall–Kier alpha value is -4.14. The van der Waals surface area contributed by atoms with Gasteiger partial charge in [0.15, 0.2) is 17.3 Å². The third-order valence-electron chi connectivity index (χ3n) is 6.08. The number of piperidine rings is 1. The summed E-state index contributed by atoms with van der Waals surface area (Å²) >= 11 is 0. The van der Waals surface area contributed by atoms with E-state index in [2.05, 4.69) is 20.2 Å². The number of rotatable bonds is 11. The molecule has 1 aliphatic rings. The summed E-state index contributed by atoms with van der Waals surface area (Å²) in [4.78, 5) is 34.6. The lowest BCUT2D eigenvalue weighted by molar-refractivity contribution is -0.117. The first-order chi connectivity index (χ1) is 18.0. The van der Waals surface area contributed by atoms with E-state index in [9.17, 15) is 9.59 Å². The standard InChI is InChI=1S/C28H33N5O4/c1-2-36-23-7-3-4-8-24(23)37-22-6-5-15-33(19-22)27-18-30-17-26(31-27)32-28(35)14-13-20-9-11-21(12-10-20)16-25(29)34/h3-4,7-12,17-18,22H,2,5-6,13-16,19H2,1H3,(H2,29,34)(H,31,32,35). The highest BCUT2D eigenvalue weighted by atomic mass is 16.5. The van der Waals surface area contributed by atoms with Gasteiger partial charge in [0.2, 0.25) is 11.8 Å². The second-order valence-electron chi connectivity index (χ2n) is 8.98. The zero-order chi connectivity index (χ0) is 26.0. The van der Waals surface area contributed by atoms with Crippen LogP contribution in [0, 0.1) is 0 Å². The number of hydrogen-bond acceptors (Lipinski definition) is 7. The summed E-state index contributed by atoms with van der Waals surface area (Å²) in [6.45, 7) is 4.03. The molecular weight excluding hydrogens is 470 g/mol. The minimum absolute atomic E-state index is 0.00948. The molecule has 1 atom stereocenters. The van der Waals surface area contributed by atoms with E-state index >= 15 is 0 Å². The average Bonchev–Trinajstić information content (AvgIpc) is 2.90. The highest BCUT2D eigenvalue weighted by molar-refractivity contribution is 5.89. The molecule has 9 nitrogen and oxygen atoms in total. The molecule has 0 spiro atoms. The lowest BCUT2D eigenvalue weighted by atomic mass is 10.1. The van der Waals surface area contributed by atoms with Gasteiger partial charge in [-0.15, -0.1) is 0 Å². The summed E-state index contributed by atoms with van der Waals surface area (Å²) in [6.07, 6.45) is 6.23. The van der Waals surface area contributed by atoms with Gasteiger partial charge in [0, 0.05) is 13.0 Å². The van der Waals surface area contributed by atoms with Gasteiger partial charge in [0.05, 0.1) is 32.0 Å². The van der Waals surface area contributed by atoms with Crippen molar-refractivity contribution in [3.8, 4) is 11.5 Å². The molecule has 1 fully saturated rings. The summed E-state index contributed by atoms with van der Waals surface area (Å²) in [6, 6.07) is 15.3. The average molecular weight is 504 g/mol. The molecule has 9 heteroatoms. The van der Waals surface area contributed by atoms with Crippen LogP contribution < -0.4 is 25.4 Å². The predicted octanol–water partition coefficient (Wildman–Crippen LogP) is 3.52. The first-order valence-corrected chi connectivity index (χ1v) is 12.6. The van der Waals surface area contributed by atoms with E-state index < -0.39 is 0 Å². The zero-order valence-corrected chi connectivity index (χ0v) is 21.1. The topological polar surface area (TPSA) is 120 Å². The number of nitrogens with two attached hydrogens (primary N) is 1. The molecule has 1 unspecified atom stereocenters. The van der Waals surface area contributed by atoms with Crippen LogP contribution in [0.15, 0.2) is 60.9 Å². The van der Waals surface area contributed by atoms with Crippen molar-refractivity contribution >= 4 is 23.5 Å². The lowest BCUT2D eigenvalue weighted by Gasteiger charge is -2.33. The van der Waals surface area contributed by atoms with E-state index in [4.69, 9.17) is 15.2 Å². The third kappa shape index (κ3) is 7.67. The largest absolute Gasteiger partial charge is 0.490 e. The number of carbonyl (C=O) groups is 2. The van der Waals surface area contributed by atoms with Gasteiger partial charge in [-0.1, -0.05) is 36.4 Å². The molecule has 0 bridgehead atoms. The van der Waals surface area contributed by atoms with E-state index in [1.165, 1.54) is 0 Å². The predicted molar refractivity (Wildman–Crippen MR) is 142 cm³/mol. The minimum Gasteiger partial charge on any atom is -0.490 e. The maximum atomic E-state index is 12.5. The van der Waals surface area contributed by atoms with Gasteiger partial charge < -0.3 is 25.4 Å². The summed E-state index contributed by atoms with van der Waals surface area (Å²) < 4.78 is 12.0. The number of nitrogens with zero attached hydrogens (tertiary/aromatic N) is 3. The van der Waals surface area contributed by atoms with E-state index in [1.807, 2.05) is 55.5 Å². The van der Waals surface area contributed by atoms with Gasteiger partial charge in [0.1, 0.15) is 11.9 Å². The van der Waals surface area contributed by atoms with Crippen LogP contribution in [0.1, 0.15) is 37.3 Å². The van der Waals surface area contributed by atoms with Crippen LogP contribution in [0.2, 0.25) is 0 Å². The highest BCUT2D eigenvalue weighted by Crippen LogP contribution is 2.30. The zero-order valence-electron chi connectivity index (χ0n) is 21.1. The molecule has 3 aromatic rings. The Morgan fingerprint density at radius 1 is 1.08 bits per heavy atom. The fraction of sp³-hybridized carbons (Fsp3) is 0.357. The van der Waals surface area contributed by atoms with Crippen LogP contribution in [0.3, 0.4) is 0 Å². The Bertz CT molecular complexity index is 1200. The second kappa shape index (κ2) is 12.7. The number of ether oxygens (including phenoxy) is 2. The van der Waals surface area contributed by atoms with Gasteiger partial charge >= 0.3 is 0 Å². The Balaban J connectivity index is 1.31. The lowest BCUT2D eigenvalue weighted by Crippen LogP contribution is -2.41. The SMILES string of the molecule is CCOc1ccccc1OC1CCCN(c2cncc(NC(=O)CCc3ccc(CC(N)=O)cc3)n2)C1. The molecule has 37 heavy (non-hydrogen) atoms. The van der Waals surface area contributed by atoms with Crippen LogP contribution in [-0.2, 0) is 22.4 Å². The van der Waals surface area contributed by atoms with Crippen LogP contribution in [0.25, 0.3) is 0 Å². The minimum atomic E-state index is -0.366. The van der Waals surface area contributed by atoms with Gasteiger partial charge in [0.25, 0.3) is 0 Å². The number of amides is 2. The maximum Gasteiger partial charge on any atom is 0.225 e. The number of anilines is 2. The molecule has 0 radical (unpaired) electrons. The molecule has 4 rings (SSSR count). The van der Waals surface area contributed by atoms with Crippen LogP contribution in [0.4, 0.5) is 11.6 Å². The number of aryl methyl sites for hydroxylation is 1. The summed E-state index contributed by atoms with van der Waals surface area (Å²) in [5, 5.41) is 2.85. The van der Waals surface area contributed by atoms with Crippen molar-refractivity contribution in [1.29, 1.82) is 0 Å². The fourth-order valence-electron chi connectivity index (χ4n) is 4.30. The highest BCUT2D eigenvalue weighted by Gasteiger charge is 2.24. The smallest absolute Gasteiger partial charge is 0.225 e. The number of aromatic nitrogens is 2.